The third kappa shape index (κ3) is 4.04. The van der Waals surface area contributed by atoms with Crippen molar-refractivity contribution in [1.29, 1.82) is 0 Å². The van der Waals surface area contributed by atoms with Gasteiger partial charge in [-0.05, 0) is 47.9 Å². The van der Waals surface area contributed by atoms with Crippen molar-refractivity contribution in [2.24, 2.45) is 4.99 Å². The minimum Gasteiger partial charge on any atom is -0.391 e. The van der Waals surface area contributed by atoms with Crippen molar-refractivity contribution < 1.29 is 5.11 Å². The number of aliphatic hydroxyl groups excluding tert-OH is 1. The van der Waals surface area contributed by atoms with Crippen molar-refractivity contribution in [3.63, 3.8) is 0 Å². The highest BCUT2D eigenvalue weighted by Crippen LogP contribution is 2.24. The average molecular weight is 424 g/mol. The smallest absolute Gasteiger partial charge is 0.110 e. The molecule has 0 saturated carbocycles. The Hall–Kier alpha value is -2.34. The Labute approximate surface area is 179 Å². The molecule has 2 aliphatic heterocycles. The molecule has 6 heteroatoms. The Morgan fingerprint density at radius 2 is 2.00 bits per heavy atom. The number of benzene rings is 2. The van der Waals surface area contributed by atoms with Gasteiger partial charge < -0.3 is 14.9 Å². The third-order valence-corrected chi connectivity index (χ3v) is 6.78. The summed E-state index contributed by atoms with van der Waals surface area (Å²) < 4.78 is 1.19. The fourth-order valence-corrected chi connectivity index (χ4v) is 5.12. The first-order chi connectivity index (χ1) is 14.1. The van der Waals surface area contributed by atoms with Crippen LogP contribution in [0, 0.1) is 0 Å². The van der Waals surface area contributed by atoms with Gasteiger partial charge in [-0.1, -0.05) is 35.9 Å². The molecule has 0 aliphatic carbocycles. The van der Waals surface area contributed by atoms with Gasteiger partial charge in [0.05, 0.1) is 16.0 Å². The molecule has 2 aliphatic rings. The molecular weight excluding hydrogens is 402 g/mol. The zero-order valence-electron chi connectivity index (χ0n) is 16.0. The Morgan fingerprint density at radius 1 is 1.14 bits per heavy atom. The van der Waals surface area contributed by atoms with Crippen LogP contribution in [0.15, 0.2) is 59.6 Å². The van der Waals surface area contributed by atoms with Crippen LogP contribution in [-0.4, -0.2) is 35.9 Å². The minimum absolute atomic E-state index is 0.208. The number of anilines is 1. The Kier molecular flexibility index (Phi) is 5.04. The van der Waals surface area contributed by atoms with E-state index >= 15 is 0 Å². The van der Waals surface area contributed by atoms with Gasteiger partial charge >= 0.3 is 0 Å². The summed E-state index contributed by atoms with van der Waals surface area (Å²) in [6, 6.07) is 18.7. The summed E-state index contributed by atoms with van der Waals surface area (Å²) in [5.41, 5.74) is 3.62. The van der Waals surface area contributed by atoms with Crippen molar-refractivity contribution >= 4 is 34.8 Å². The maximum Gasteiger partial charge on any atom is 0.110 e. The second-order valence-electron chi connectivity index (χ2n) is 7.60. The second kappa shape index (κ2) is 7.82. The molecule has 1 atom stereocenters. The van der Waals surface area contributed by atoms with Gasteiger partial charge in [-0.25, -0.2) is 0 Å². The molecule has 3 aromatic rings. The largest absolute Gasteiger partial charge is 0.391 e. The van der Waals surface area contributed by atoms with Gasteiger partial charge in [0, 0.05) is 41.4 Å². The highest BCUT2D eigenvalue weighted by molar-refractivity contribution is 7.13. The summed E-state index contributed by atoms with van der Waals surface area (Å²) in [6.45, 7) is 3.13. The van der Waals surface area contributed by atoms with Crippen molar-refractivity contribution in [3.8, 4) is 10.4 Å². The zero-order valence-corrected chi connectivity index (χ0v) is 17.5. The standard InChI is InChI=1S/C23H22ClN3OS/c24-18-6-4-17(5-7-18)22-11-21-23(29-22)14-26(15-25-21)12-16-2-1-3-19(10-16)27-9-8-20(28)13-27/h1-7,10-11,14,20,28H,8-9,12-13,15H2/t20-/m1/s1. The van der Waals surface area contributed by atoms with E-state index in [1.54, 1.807) is 11.3 Å². The number of aliphatic hydroxyl groups is 1. The first-order valence-corrected chi connectivity index (χ1v) is 11.0. The fraction of sp³-hybridized carbons (Fsp3) is 0.261. The number of hydrogen-bond donors (Lipinski definition) is 1. The van der Waals surface area contributed by atoms with Crippen LogP contribution in [0.1, 0.15) is 12.0 Å². The summed E-state index contributed by atoms with van der Waals surface area (Å²) in [4.78, 5) is 10.5. The van der Waals surface area contributed by atoms with E-state index in [2.05, 4.69) is 58.5 Å². The minimum atomic E-state index is -0.208. The molecule has 1 fully saturated rings. The molecule has 0 spiro atoms. The molecule has 3 heterocycles. The van der Waals surface area contributed by atoms with Gasteiger partial charge in [-0.2, -0.15) is 0 Å². The Balaban J connectivity index is 1.35. The van der Waals surface area contributed by atoms with Crippen LogP contribution in [0.4, 0.5) is 5.69 Å². The molecule has 2 aromatic carbocycles. The van der Waals surface area contributed by atoms with E-state index in [1.165, 1.54) is 26.2 Å². The van der Waals surface area contributed by atoms with Gasteiger partial charge in [-0.3, -0.25) is 4.99 Å². The Bertz CT molecular complexity index is 1140. The monoisotopic (exact) mass is 423 g/mol. The van der Waals surface area contributed by atoms with Crippen LogP contribution in [-0.2, 0) is 6.54 Å². The SMILES string of the molecule is O[C@@H]1CCN(c2cccc(CN3C=c4sc(-c5ccc(Cl)cc5)cc4=NC3)c2)C1. The first kappa shape index (κ1) is 18.7. The van der Waals surface area contributed by atoms with Gasteiger partial charge in [-0.15, -0.1) is 11.3 Å². The first-order valence-electron chi connectivity index (χ1n) is 9.82. The molecular formula is C23H22ClN3OS. The molecule has 1 saturated heterocycles. The maximum absolute atomic E-state index is 9.81. The van der Waals surface area contributed by atoms with Crippen LogP contribution in [0.25, 0.3) is 16.6 Å². The number of halogens is 1. The van der Waals surface area contributed by atoms with E-state index in [4.69, 9.17) is 16.6 Å². The van der Waals surface area contributed by atoms with Gasteiger partial charge in [0.25, 0.3) is 0 Å². The molecule has 0 radical (unpaired) electrons. The highest BCUT2D eigenvalue weighted by Gasteiger charge is 2.20. The number of β-amino-alcohol motifs (C(OH)–C–C–N with tert-alkyl or cyclic N) is 1. The topological polar surface area (TPSA) is 39.1 Å². The fourth-order valence-electron chi connectivity index (χ4n) is 3.90. The zero-order chi connectivity index (χ0) is 19.8. The van der Waals surface area contributed by atoms with E-state index in [9.17, 15) is 5.11 Å². The number of fused-ring (bicyclic) bond motifs is 1. The average Bonchev–Trinajstić information content (AvgIpc) is 3.35. The highest BCUT2D eigenvalue weighted by atomic mass is 35.5. The molecule has 4 nitrogen and oxygen atoms in total. The van der Waals surface area contributed by atoms with Crippen LogP contribution in [0.5, 0.6) is 0 Å². The van der Waals surface area contributed by atoms with E-state index < -0.39 is 0 Å². The lowest BCUT2D eigenvalue weighted by Crippen LogP contribution is -2.32. The predicted octanol–water partition coefficient (Wildman–Crippen LogP) is 3.47. The molecule has 148 valence electrons. The summed E-state index contributed by atoms with van der Waals surface area (Å²) in [6.07, 6.45) is 2.86. The van der Waals surface area contributed by atoms with Crippen molar-refractivity contribution in [2.75, 3.05) is 24.7 Å². The number of thiophene rings is 1. The normalized spacial score (nSPS) is 18.3. The van der Waals surface area contributed by atoms with E-state index in [1.807, 2.05) is 12.1 Å². The molecule has 0 bridgehead atoms. The van der Waals surface area contributed by atoms with E-state index in [0.717, 1.165) is 36.4 Å². The number of nitrogens with zero attached hydrogens (tertiary/aromatic N) is 3. The van der Waals surface area contributed by atoms with Gasteiger partial charge in [0.1, 0.15) is 6.67 Å². The van der Waals surface area contributed by atoms with Crippen LogP contribution < -0.4 is 14.8 Å². The summed E-state index contributed by atoms with van der Waals surface area (Å²) in [5, 5.41) is 11.6. The van der Waals surface area contributed by atoms with Crippen molar-refractivity contribution in [3.05, 3.63) is 75.1 Å². The molecule has 0 amide bonds. The summed E-state index contributed by atoms with van der Waals surface area (Å²) in [7, 11) is 0. The lowest BCUT2D eigenvalue weighted by Gasteiger charge is -2.22. The van der Waals surface area contributed by atoms with Crippen LogP contribution >= 0.6 is 22.9 Å². The van der Waals surface area contributed by atoms with E-state index in [0.29, 0.717) is 6.67 Å². The lowest BCUT2D eigenvalue weighted by atomic mass is 10.1. The molecule has 1 aromatic heterocycles. The van der Waals surface area contributed by atoms with E-state index in [-0.39, 0.29) is 6.10 Å². The lowest BCUT2D eigenvalue weighted by molar-refractivity contribution is 0.198. The number of hydrogen-bond acceptors (Lipinski definition) is 5. The molecule has 1 N–H and O–H groups in total. The molecule has 0 unspecified atom stereocenters. The van der Waals surface area contributed by atoms with Gasteiger partial charge in [0.2, 0.25) is 0 Å². The van der Waals surface area contributed by atoms with Crippen LogP contribution in [0.2, 0.25) is 5.02 Å². The molecule has 5 rings (SSSR count). The summed E-state index contributed by atoms with van der Waals surface area (Å²) in [5.74, 6) is 0. The van der Waals surface area contributed by atoms with Crippen molar-refractivity contribution in [2.45, 2.75) is 19.1 Å². The summed E-state index contributed by atoms with van der Waals surface area (Å²) >= 11 is 7.77. The predicted molar refractivity (Wildman–Crippen MR) is 120 cm³/mol. The quantitative estimate of drug-likeness (QED) is 0.698. The molecule has 29 heavy (non-hydrogen) atoms. The third-order valence-electron chi connectivity index (χ3n) is 5.42. The second-order valence-corrected chi connectivity index (χ2v) is 9.12. The van der Waals surface area contributed by atoms with Crippen LogP contribution in [0.3, 0.4) is 0 Å². The number of rotatable bonds is 4. The van der Waals surface area contributed by atoms with Gasteiger partial charge in [0.15, 0.2) is 0 Å². The maximum atomic E-state index is 9.81. The van der Waals surface area contributed by atoms with Crippen molar-refractivity contribution in [1.82, 2.24) is 4.90 Å². The Morgan fingerprint density at radius 3 is 2.79 bits per heavy atom.